The highest BCUT2D eigenvalue weighted by atomic mass is 16.6. The number of rotatable bonds is 4. The highest BCUT2D eigenvalue weighted by Crippen LogP contribution is 2.25. The summed E-state index contributed by atoms with van der Waals surface area (Å²) in [5, 5.41) is 10.8. The van der Waals surface area contributed by atoms with Gasteiger partial charge in [-0.05, 0) is 39.3 Å². The van der Waals surface area contributed by atoms with Crippen LogP contribution < -0.4 is 5.32 Å². The van der Waals surface area contributed by atoms with Gasteiger partial charge in [-0.3, -0.25) is 9.48 Å². The molecule has 1 fully saturated rings. The lowest BCUT2D eigenvalue weighted by atomic mass is 10.2. The molecular formula is C20H23N5O5. The van der Waals surface area contributed by atoms with Crippen LogP contribution in [0.3, 0.4) is 0 Å². The van der Waals surface area contributed by atoms with Crippen LogP contribution in [0.2, 0.25) is 0 Å². The van der Waals surface area contributed by atoms with Gasteiger partial charge in [-0.25, -0.2) is 4.79 Å². The molecule has 10 nitrogen and oxygen atoms in total. The standard InChI is InChI=1S/C20H23N5O5/c1-20(2,3)29-19(27)24-7-6-14(12-24)25-11-13(10-21-25)22-18(26)15-9-17(30-23-15)16-5-4-8-28-16/h4-5,8-11,14H,6-7,12H2,1-3H3,(H,22,26). The van der Waals surface area contributed by atoms with Crippen LogP contribution in [-0.2, 0) is 4.74 Å². The minimum Gasteiger partial charge on any atom is -0.461 e. The summed E-state index contributed by atoms with van der Waals surface area (Å²) in [6.45, 7) is 6.61. The number of anilines is 1. The molecule has 1 aliphatic heterocycles. The van der Waals surface area contributed by atoms with Crippen molar-refractivity contribution in [3.8, 4) is 11.5 Å². The van der Waals surface area contributed by atoms with Crippen molar-refractivity contribution in [3.05, 3.63) is 42.5 Å². The van der Waals surface area contributed by atoms with Gasteiger partial charge in [-0.2, -0.15) is 5.10 Å². The van der Waals surface area contributed by atoms with Crippen LogP contribution in [0.1, 0.15) is 43.7 Å². The van der Waals surface area contributed by atoms with Crippen molar-refractivity contribution < 1.29 is 23.3 Å². The lowest BCUT2D eigenvalue weighted by Crippen LogP contribution is -2.35. The Kier molecular flexibility index (Phi) is 5.06. The first-order valence-corrected chi connectivity index (χ1v) is 9.62. The molecule has 0 bridgehead atoms. The van der Waals surface area contributed by atoms with Gasteiger partial charge < -0.3 is 23.9 Å². The summed E-state index contributed by atoms with van der Waals surface area (Å²) in [4.78, 5) is 26.3. The van der Waals surface area contributed by atoms with Gasteiger partial charge in [0.25, 0.3) is 5.91 Å². The van der Waals surface area contributed by atoms with Crippen molar-refractivity contribution in [2.24, 2.45) is 0 Å². The van der Waals surface area contributed by atoms with E-state index in [-0.39, 0.29) is 17.8 Å². The highest BCUT2D eigenvalue weighted by Gasteiger charge is 2.31. The lowest BCUT2D eigenvalue weighted by molar-refractivity contribution is 0.0288. The minimum absolute atomic E-state index is 0.0146. The quantitative estimate of drug-likeness (QED) is 0.695. The van der Waals surface area contributed by atoms with Crippen LogP contribution in [0.25, 0.3) is 11.5 Å². The van der Waals surface area contributed by atoms with Crippen LogP contribution in [0.5, 0.6) is 0 Å². The zero-order valence-corrected chi connectivity index (χ0v) is 17.0. The number of aromatic nitrogens is 3. The third-order valence-electron chi connectivity index (χ3n) is 4.56. The number of nitrogens with one attached hydrogen (secondary N) is 1. The molecule has 30 heavy (non-hydrogen) atoms. The van der Waals surface area contributed by atoms with Crippen molar-refractivity contribution in [3.63, 3.8) is 0 Å². The van der Waals surface area contributed by atoms with E-state index in [0.29, 0.717) is 30.3 Å². The molecule has 0 spiro atoms. The Balaban J connectivity index is 1.35. The van der Waals surface area contributed by atoms with Crippen molar-refractivity contribution >= 4 is 17.7 Å². The Morgan fingerprint density at radius 3 is 2.87 bits per heavy atom. The smallest absolute Gasteiger partial charge is 0.410 e. The number of amides is 2. The molecule has 2 amide bonds. The molecule has 3 aromatic heterocycles. The molecule has 4 heterocycles. The number of furan rings is 1. The zero-order valence-electron chi connectivity index (χ0n) is 17.0. The number of nitrogens with zero attached hydrogens (tertiary/aromatic N) is 4. The molecule has 0 aromatic carbocycles. The van der Waals surface area contributed by atoms with E-state index < -0.39 is 11.5 Å². The fraction of sp³-hybridized carbons (Fsp3) is 0.400. The zero-order chi connectivity index (χ0) is 21.3. The van der Waals surface area contributed by atoms with E-state index in [1.165, 1.54) is 12.3 Å². The van der Waals surface area contributed by atoms with Crippen molar-refractivity contribution in [1.82, 2.24) is 19.8 Å². The normalized spacial score (nSPS) is 16.6. The summed E-state index contributed by atoms with van der Waals surface area (Å²) in [5.41, 5.74) is 0.125. The van der Waals surface area contributed by atoms with E-state index in [9.17, 15) is 9.59 Å². The molecule has 0 radical (unpaired) electrons. The van der Waals surface area contributed by atoms with E-state index in [4.69, 9.17) is 13.7 Å². The summed E-state index contributed by atoms with van der Waals surface area (Å²) in [7, 11) is 0. The van der Waals surface area contributed by atoms with E-state index in [0.717, 1.165) is 6.42 Å². The Morgan fingerprint density at radius 2 is 2.13 bits per heavy atom. The second-order valence-electron chi connectivity index (χ2n) is 8.09. The third-order valence-corrected chi connectivity index (χ3v) is 4.56. The molecule has 4 rings (SSSR count). The van der Waals surface area contributed by atoms with Crippen LogP contribution in [0.4, 0.5) is 10.5 Å². The van der Waals surface area contributed by atoms with E-state index in [1.807, 2.05) is 20.8 Å². The van der Waals surface area contributed by atoms with Crippen molar-refractivity contribution in [2.75, 3.05) is 18.4 Å². The Labute approximate surface area is 172 Å². The number of likely N-dealkylation sites (tertiary alicyclic amines) is 1. The maximum absolute atomic E-state index is 12.4. The van der Waals surface area contributed by atoms with Gasteiger partial charge in [-0.1, -0.05) is 5.16 Å². The SMILES string of the molecule is CC(C)(C)OC(=O)N1CCC(n2cc(NC(=O)c3cc(-c4ccco4)on3)cn2)C1. The van der Waals surface area contributed by atoms with Crippen molar-refractivity contribution in [2.45, 2.75) is 38.8 Å². The number of ether oxygens (including phenoxy) is 1. The first-order valence-electron chi connectivity index (χ1n) is 9.62. The average molecular weight is 413 g/mol. The second-order valence-corrected chi connectivity index (χ2v) is 8.09. The molecule has 0 saturated carbocycles. The fourth-order valence-corrected chi connectivity index (χ4v) is 3.16. The first-order chi connectivity index (χ1) is 14.3. The van der Waals surface area contributed by atoms with Crippen LogP contribution in [0, 0.1) is 0 Å². The maximum atomic E-state index is 12.4. The summed E-state index contributed by atoms with van der Waals surface area (Å²) in [5.74, 6) is 0.442. The third kappa shape index (κ3) is 4.37. The molecule has 0 aliphatic carbocycles. The fourth-order valence-electron chi connectivity index (χ4n) is 3.16. The molecule has 158 valence electrons. The number of carbonyl (C=O) groups is 2. The average Bonchev–Trinajstić information content (AvgIpc) is 3.46. The molecule has 1 unspecified atom stereocenters. The van der Waals surface area contributed by atoms with Crippen LogP contribution >= 0.6 is 0 Å². The first kappa shape index (κ1) is 19.7. The van der Waals surface area contributed by atoms with Gasteiger partial charge in [0.15, 0.2) is 11.5 Å². The number of hydrogen-bond acceptors (Lipinski definition) is 7. The van der Waals surface area contributed by atoms with Crippen LogP contribution in [-0.4, -0.2) is 50.5 Å². The second kappa shape index (κ2) is 7.69. The topological polar surface area (TPSA) is 116 Å². The number of carbonyl (C=O) groups excluding carboxylic acids is 2. The monoisotopic (exact) mass is 413 g/mol. The molecule has 10 heteroatoms. The van der Waals surface area contributed by atoms with Gasteiger partial charge in [0.2, 0.25) is 5.76 Å². The molecule has 3 aromatic rings. The van der Waals surface area contributed by atoms with Gasteiger partial charge in [-0.15, -0.1) is 0 Å². The van der Waals surface area contributed by atoms with Gasteiger partial charge in [0, 0.05) is 25.4 Å². The van der Waals surface area contributed by atoms with Crippen molar-refractivity contribution in [1.29, 1.82) is 0 Å². The molecule has 1 atom stereocenters. The highest BCUT2D eigenvalue weighted by molar-refractivity contribution is 6.03. The molecule has 1 N–H and O–H groups in total. The van der Waals surface area contributed by atoms with Gasteiger partial charge in [0.05, 0.1) is 24.2 Å². The maximum Gasteiger partial charge on any atom is 0.410 e. The predicted octanol–water partition coefficient (Wildman–Crippen LogP) is 3.57. The summed E-state index contributed by atoms with van der Waals surface area (Å²) in [6.07, 6.45) is 5.23. The summed E-state index contributed by atoms with van der Waals surface area (Å²) in [6, 6.07) is 4.96. The predicted molar refractivity (Wildman–Crippen MR) is 106 cm³/mol. The molecule has 1 aliphatic rings. The Bertz CT molecular complexity index is 1030. The Hall–Kier alpha value is -3.56. The Morgan fingerprint density at radius 1 is 1.30 bits per heavy atom. The minimum atomic E-state index is -0.532. The lowest BCUT2D eigenvalue weighted by Gasteiger charge is -2.24. The number of hydrogen-bond donors (Lipinski definition) is 1. The van der Waals surface area contributed by atoms with Gasteiger partial charge in [0.1, 0.15) is 5.60 Å². The van der Waals surface area contributed by atoms with E-state index >= 15 is 0 Å². The van der Waals surface area contributed by atoms with E-state index in [1.54, 1.807) is 34.1 Å². The molecule has 1 saturated heterocycles. The largest absolute Gasteiger partial charge is 0.461 e. The molecular weight excluding hydrogens is 390 g/mol. The summed E-state index contributed by atoms with van der Waals surface area (Å²) >= 11 is 0. The van der Waals surface area contributed by atoms with Gasteiger partial charge >= 0.3 is 6.09 Å². The summed E-state index contributed by atoms with van der Waals surface area (Å²) < 4.78 is 17.5. The van der Waals surface area contributed by atoms with Crippen LogP contribution in [0.15, 0.2) is 45.8 Å². The van der Waals surface area contributed by atoms with E-state index in [2.05, 4.69) is 15.6 Å².